The molecule has 2 rings (SSSR count). The third-order valence-corrected chi connectivity index (χ3v) is 3.60. The van der Waals surface area contributed by atoms with Crippen LogP contribution in [0, 0.1) is 6.92 Å². The van der Waals surface area contributed by atoms with Crippen LogP contribution in [0.1, 0.15) is 23.7 Å². The van der Waals surface area contributed by atoms with Crippen LogP contribution in [0.15, 0.2) is 17.1 Å². The molecule has 0 spiro atoms. The Morgan fingerprint density at radius 3 is 2.85 bits per heavy atom. The van der Waals surface area contributed by atoms with Gasteiger partial charge in [0.05, 0.1) is 18.8 Å². The summed E-state index contributed by atoms with van der Waals surface area (Å²) < 4.78 is 20.5. The van der Waals surface area contributed by atoms with Crippen molar-refractivity contribution < 1.29 is 28.7 Å². The summed E-state index contributed by atoms with van der Waals surface area (Å²) in [5.41, 5.74) is 1.02. The summed E-state index contributed by atoms with van der Waals surface area (Å²) in [6.45, 7) is 1.26. The zero-order valence-electron chi connectivity index (χ0n) is 10.7. The number of rotatable bonds is 4. The van der Waals surface area contributed by atoms with Crippen molar-refractivity contribution in [2.45, 2.75) is 31.7 Å². The van der Waals surface area contributed by atoms with E-state index in [0.717, 1.165) is 0 Å². The molecule has 1 aromatic rings. The SMILES string of the molecule is Cc1cc([C@H]2C[C@@H](O)[C@H](COP(=O)(O)O)O2)c[nH]c1=O. The normalized spacial score (nSPS) is 26.9. The third-order valence-electron chi connectivity index (χ3n) is 3.11. The maximum atomic E-state index is 11.3. The standard InChI is InChI=1S/C11H16NO7P/c1-6-2-7(4-12-11(6)14)9-3-8(13)10(19-9)5-18-20(15,16)17/h2,4,8-10,13H,3,5H2,1H3,(H,12,14)(H2,15,16,17)/t8-,9-,10+/m1/s1. The van der Waals surface area contributed by atoms with E-state index in [1.165, 1.54) is 6.20 Å². The quantitative estimate of drug-likeness (QED) is 0.575. The second-order valence-corrected chi connectivity index (χ2v) is 5.94. The van der Waals surface area contributed by atoms with Gasteiger partial charge in [0, 0.05) is 18.2 Å². The number of nitrogens with one attached hydrogen (secondary N) is 1. The summed E-state index contributed by atoms with van der Waals surface area (Å²) >= 11 is 0. The van der Waals surface area contributed by atoms with Crippen LogP contribution < -0.4 is 5.56 Å². The highest BCUT2D eigenvalue weighted by molar-refractivity contribution is 7.46. The van der Waals surface area contributed by atoms with Crippen molar-refractivity contribution in [3.05, 3.63) is 33.7 Å². The van der Waals surface area contributed by atoms with E-state index in [0.29, 0.717) is 11.1 Å². The Bertz CT molecular complexity index is 580. The summed E-state index contributed by atoms with van der Waals surface area (Å²) in [5, 5.41) is 9.81. The Hall–Kier alpha value is -1.02. The van der Waals surface area contributed by atoms with E-state index in [-0.39, 0.29) is 12.0 Å². The highest BCUT2D eigenvalue weighted by Gasteiger charge is 2.36. The number of aliphatic hydroxyl groups excluding tert-OH is 1. The van der Waals surface area contributed by atoms with Crippen molar-refractivity contribution in [3.63, 3.8) is 0 Å². The molecular weight excluding hydrogens is 289 g/mol. The average Bonchev–Trinajstić information content (AvgIpc) is 2.71. The molecule has 0 aliphatic carbocycles. The van der Waals surface area contributed by atoms with Gasteiger partial charge in [0.25, 0.3) is 5.56 Å². The van der Waals surface area contributed by atoms with Gasteiger partial charge in [-0.15, -0.1) is 0 Å². The molecular formula is C11H16NO7P. The minimum absolute atomic E-state index is 0.200. The monoisotopic (exact) mass is 305 g/mol. The molecule has 0 bridgehead atoms. The molecule has 2 heterocycles. The summed E-state index contributed by atoms with van der Waals surface area (Å²) in [5.74, 6) is 0. The number of pyridine rings is 1. The number of aliphatic hydroxyl groups is 1. The first-order valence-corrected chi connectivity index (χ1v) is 7.52. The van der Waals surface area contributed by atoms with Crippen molar-refractivity contribution in [3.8, 4) is 0 Å². The Morgan fingerprint density at radius 2 is 2.25 bits per heavy atom. The van der Waals surface area contributed by atoms with Gasteiger partial charge in [-0.05, 0) is 18.6 Å². The molecule has 112 valence electrons. The fourth-order valence-electron chi connectivity index (χ4n) is 2.07. The number of phosphoric acid groups is 1. The maximum absolute atomic E-state index is 11.3. The van der Waals surface area contributed by atoms with Crippen LogP contribution in [0.4, 0.5) is 0 Å². The summed E-state index contributed by atoms with van der Waals surface area (Å²) in [6.07, 6.45) is -0.399. The molecule has 1 saturated heterocycles. The minimum atomic E-state index is -4.59. The molecule has 0 aromatic carbocycles. The number of phosphoric ester groups is 1. The fraction of sp³-hybridized carbons (Fsp3) is 0.545. The van der Waals surface area contributed by atoms with E-state index >= 15 is 0 Å². The fourth-order valence-corrected chi connectivity index (χ4v) is 2.41. The van der Waals surface area contributed by atoms with Crippen molar-refractivity contribution >= 4 is 7.82 Å². The molecule has 1 aromatic heterocycles. The van der Waals surface area contributed by atoms with E-state index in [9.17, 15) is 14.5 Å². The zero-order chi connectivity index (χ0) is 14.9. The second kappa shape index (κ2) is 5.77. The van der Waals surface area contributed by atoms with Crippen LogP contribution >= 0.6 is 7.82 Å². The third kappa shape index (κ3) is 3.76. The Kier molecular flexibility index (Phi) is 4.43. The minimum Gasteiger partial charge on any atom is -0.390 e. The molecule has 1 aliphatic rings. The van der Waals surface area contributed by atoms with Gasteiger partial charge in [0.2, 0.25) is 0 Å². The molecule has 0 amide bonds. The van der Waals surface area contributed by atoms with E-state index in [1.807, 2.05) is 0 Å². The average molecular weight is 305 g/mol. The molecule has 8 nitrogen and oxygen atoms in total. The molecule has 0 saturated carbocycles. The van der Waals surface area contributed by atoms with E-state index in [1.54, 1.807) is 13.0 Å². The van der Waals surface area contributed by atoms with Gasteiger partial charge >= 0.3 is 7.82 Å². The summed E-state index contributed by atoms with van der Waals surface area (Å²) in [4.78, 5) is 31.1. The van der Waals surface area contributed by atoms with Gasteiger partial charge in [0.15, 0.2) is 0 Å². The topological polar surface area (TPSA) is 129 Å². The lowest BCUT2D eigenvalue weighted by molar-refractivity contribution is -0.0222. The summed E-state index contributed by atoms with van der Waals surface area (Å²) in [6, 6.07) is 1.66. The van der Waals surface area contributed by atoms with E-state index in [2.05, 4.69) is 9.51 Å². The molecule has 1 aliphatic heterocycles. The van der Waals surface area contributed by atoms with Gasteiger partial charge in [0.1, 0.15) is 6.10 Å². The van der Waals surface area contributed by atoms with Crippen molar-refractivity contribution in [1.29, 1.82) is 0 Å². The first-order valence-electron chi connectivity index (χ1n) is 5.99. The molecule has 0 radical (unpaired) electrons. The molecule has 3 atom stereocenters. The van der Waals surface area contributed by atoms with Crippen LogP contribution in [0.5, 0.6) is 0 Å². The number of hydrogen-bond acceptors (Lipinski definition) is 5. The predicted octanol–water partition coefficient (Wildman–Crippen LogP) is -0.0165. The maximum Gasteiger partial charge on any atom is 0.469 e. The highest BCUT2D eigenvalue weighted by Crippen LogP contribution is 2.39. The van der Waals surface area contributed by atoms with Crippen LogP contribution in [-0.4, -0.2) is 38.7 Å². The van der Waals surface area contributed by atoms with Crippen LogP contribution in [0.2, 0.25) is 0 Å². The zero-order valence-corrected chi connectivity index (χ0v) is 11.6. The van der Waals surface area contributed by atoms with Gasteiger partial charge in [-0.1, -0.05) is 0 Å². The number of aryl methyl sites for hydroxylation is 1. The highest BCUT2D eigenvalue weighted by atomic mass is 31.2. The van der Waals surface area contributed by atoms with Crippen molar-refractivity contribution in [2.24, 2.45) is 0 Å². The van der Waals surface area contributed by atoms with Crippen molar-refractivity contribution in [1.82, 2.24) is 4.98 Å². The smallest absolute Gasteiger partial charge is 0.390 e. The van der Waals surface area contributed by atoms with E-state index < -0.39 is 32.7 Å². The van der Waals surface area contributed by atoms with Gasteiger partial charge in [-0.3, -0.25) is 9.32 Å². The van der Waals surface area contributed by atoms with E-state index in [4.69, 9.17) is 14.5 Å². The molecule has 9 heteroatoms. The molecule has 0 unspecified atom stereocenters. The lowest BCUT2D eigenvalue weighted by atomic mass is 10.1. The number of aromatic amines is 1. The molecule has 1 fully saturated rings. The number of ether oxygens (including phenoxy) is 1. The van der Waals surface area contributed by atoms with Gasteiger partial charge in [-0.2, -0.15) is 0 Å². The second-order valence-electron chi connectivity index (χ2n) is 4.70. The lowest BCUT2D eigenvalue weighted by Crippen LogP contribution is -2.25. The van der Waals surface area contributed by atoms with Crippen LogP contribution in [-0.2, 0) is 13.8 Å². The van der Waals surface area contributed by atoms with Crippen LogP contribution in [0.3, 0.4) is 0 Å². The predicted molar refractivity (Wildman–Crippen MR) is 68.0 cm³/mol. The number of H-pyrrole nitrogens is 1. The molecule has 20 heavy (non-hydrogen) atoms. The number of hydrogen-bond donors (Lipinski definition) is 4. The Labute approximate surface area is 114 Å². The first kappa shape index (κ1) is 15.4. The Morgan fingerprint density at radius 1 is 1.55 bits per heavy atom. The van der Waals surface area contributed by atoms with Gasteiger partial charge < -0.3 is 24.6 Å². The van der Waals surface area contributed by atoms with Crippen molar-refractivity contribution in [2.75, 3.05) is 6.61 Å². The first-order chi connectivity index (χ1) is 9.26. The van der Waals surface area contributed by atoms with Crippen LogP contribution in [0.25, 0.3) is 0 Å². The summed E-state index contributed by atoms with van der Waals surface area (Å²) in [7, 11) is -4.59. The lowest BCUT2D eigenvalue weighted by Gasteiger charge is -2.15. The number of aromatic nitrogens is 1. The van der Waals surface area contributed by atoms with Gasteiger partial charge in [-0.25, -0.2) is 4.57 Å². The molecule has 4 N–H and O–H groups in total. The largest absolute Gasteiger partial charge is 0.469 e. The Balaban J connectivity index is 2.04.